The molecule has 0 aromatic heterocycles. The minimum absolute atomic E-state index is 0.0249. The number of piperazine rings is 1. The van der Waals surface area contributed by atoms with Crippen molar-refractivity contribution >= 4 is 11.8 Å². The number of amides is 2. The average Bonchev–Trinajstić information content (AvgIpc) is 3.27. The lowest BCUT2D eigenvalue weighted by atomic mass is 10.1. The van der Waals surface area contributed by atoms with Crippen molar-refractivity contribution in [3.05, 3.63) is 0 Å². The summed E-state index contributed by atoms with van der Waals surface area (Å²) in [6.07, 6.45) is 2.56. The van der Waals surface area contributed by atoms with Gasteiger partial charge < -0.3 is 15.1 Å². The van der Waals surface area contributed by atoms with Gasteiger partial charge in [-0.1, -0.05) is 0 Å². The van der Waals surface area contributed by atoms with Crippen molar-refractivity contribution in [3.63, 3.8) is 0 Å². The molecular weight excluding hydrogens is 268 g/mol. The molecule has 0 aromatic rings. The largest absolute Gasteiger partial charge is 0.344 e. The molecule has 0 bridgehead atoms. The quantitative estimate of drug-likeness (QED) is 0.752. The first kappa shape index (κ1) is 14.8. The molecular formula is C15H26N4O2. The van der Waals surface area contributed by atoms with Crippen LogP contribution in [0.3, 0.4) is 0 Å². The van der Waals surface area contributed by atoms with E-state index in [1.54, 1.807) is 0 Å². The predicted octanol–water partition coefficient (Wildman–Crippen LogP) is -0.641. The van der Waals surface area contributed by atoms with Crippen molar-refractivity contribution in [1.82, 2.24) is 20.0 Å². The Morgan fingerprint density at radius 1 is 1.14 bits per heavy atom. The number of hydrogen-bond donors (Lipinski definition) is 1. The fourth-order valence-corrected chi connectivity index (χ4v) is 3.33. The summed E-state index contributed by atoms with van der Waals surface area (Å²) < 4.78 is 0. The molecule has 1 saturated carbocycles. The molecule has 2 unspecified atom stereocenters. The maximum atomic E-state index is 12.7. The summed E-state index contributed by atoms with van der Waals surface area (Å²) in [4.78, 5) is 31.1. The van der Waals surface area contributed by atoms with Crippen LogP contribution in [0.25, 0.3) is 0 Å². The van der Waals surface area contributed by atoms with E-state index in [0.717, 1.165) is 39.0 Å². The maximum absolute atomic E-state index is 12.7. The number of nitrogens with zero attached hydrogens (tertiary/aromatic N) is 3. The third kappa shape index (κ3) is 3.37. The summed E-state index contributed by atoms with van der Waals surface area (Å²) in [6, 6.07) is 0.0902. The molecule has 2 atom stereocenters. The second kappa shape index (κ2) is 5.93. The van der Waals surface area contributed by atoms with Crippen LogP contribution in [0.2, 0.25) is 0 Å². The van der Waals surface area contributed by atoms with Crippen LogP contribution in [0.15, 0.2) is 0 Å². The summed E-state index contributed by atoms with van der Waals surface area (Å²) >= 11 is 0. The highest BCUT2D eigenvalue weighted by atomic mass is 16.2. The zero-order valence-corrected chi connectivity index (χ0v) is 13.0. The average molecular weight is 294 g/mol. The molecule has 2 heterocycles. The minimum atomic E-state index is -0.272. The van der Waals surface area contributed by atoms with E-state index in [4.69, 9.17) is 0 Å². The van der Waals surface area contributed by atoms with Crippen molar-refractivity contribution in [2.75, 3.05) is 46.8 Å². The molecule has 0 radical (unpaired) electrons. The summed E-state index contributed by atoms with van der Waals surface area (Å²) in [6.45, 7) is 4.38. The van der Waals surface area contributed by atoms with Crippen molar-refractivity contribution in [1.29, 1.82) is 0 Å². The van der Waals surface area contributed by atoms with Gasteiger partial charge in [-0.15, -0.1) is 0 Å². The molecule has 2 saturated heterocycles. The standard InChI is InChI=1S/C15H26N4O2/c1-17-7-8-18(2)12(9-17)10-19-6-5-13(20)16-14(15(19)21)11-3-4-11/h11-12,14H,3-10H2,1-2H3,(H,16,20). The van der Waals surface area contributed by atoms with E-state index in [0.29, 0.717) is 24.9 Å². The van der Waals surface area contributed by atoms with Crippen molar-refractivity contribution < 1.29 is 9.59 Å². The molecule has 6 nitrogen and oxygen atoms in total. The van der Waals surface area contributed by atoms with Crippen molar-refractivity contribution in [2.24, 2.45) is 5.92 Å². The summed E-state index contributed by atoms with van der Waals surface area (Å²) in [5.41, 5.74) is 0. The van der Waals surface area contributed by atoms with Crippen LogP contribution in [0.4, 0.5) is 0 Å². The molecule has 6 heteroatoms. The highest BCUT2D eigenvalue weighted by Crippen LogP contribution is 2.34. The first-order chi connectivity index (χ1) is 10.0. The number of likely N-dealkylation sites (N-methyl/N-ethyl adjacent to an activating group) is 2. The fourth-order valence-electron chi connectivity index (χ4n) is 3.33. The van der Waals surface area contributed by atoms with Crippen LogP contribution in [0.5, 0.6) is 0 Å². The second-order valence-electron chi connectivity index (χ2n) is 6.81. The number of hydrogen-bond acceptors (Lipinski definition) is 4. The Morgan fingerprint density at radius 2 is 1.90 bits per heavy atom. The van der Waals surface area contributed by atoms with E-state index in [2.05, 4.69) is 29.2 Å². The van der Waals surface area contributed by atoms with E-state index in [1.165, 1.54) is 0 Å². The summed E-state index contributed by atoms with van der Waals surface area (Å²) in [5.74, 6) is 0.524. The Bertz CT molecular complexity index is 424. The fraction of sp³-hybridized carbons (Fsp3) is 0.867. The van der Waals surface area contributed by atoms with Gasteiger partial charge in [0, 0.05) is 45.2 Å². The zero-order chi connectivity index (χ0) is 15.0. The first-order valence-corrected chi connectivity index (χ1v) is 8.01. The van der Waals surface area contributed by atoms with Crippen LogP contribution in [-0.4, -0.2) is 85.4 Å². The van der Waals surface area contributed by atoms with Crippen molar-refractivity contribution in [3.8, 4) is 0 Å². The molecule has 2 aliphatic heterocycles. The molecule has 3 aliphatic rings. The molecule has 0 spiro atoms. The molecule has 0 aromatic carbocycles. The van der Waals surface area contributed by atoms with E-state index in [1.807, 2.05) is 4.90 Å². The topological polar surface area (TPSA) is 55.9 Å². The maximum Gasteiger partial charge on any atom is 0.245 e. The highest BCUT2D eigenvalue weighted by Gasteiger charge is 2.41. The molecule has 2 amide bonds. The monoisotopic (exact) mass is 294 g/mol. The van der Waals surface area contributed by atoms with Gasteiger partial charge in [0.25, 0.3) is 0 Å². The molecule has 118 valence electrons. The lowest BCUT2D eigenvalue weighted by Crippen LogP contribution is -2.56. The van der Waals surface area contributed by atoms with Gasteiger partial charge in [-0.2, -0.15) is 0 Å². The van der Waals surface area contributed by atoms with Crippen LogP contribution in [-0.2, 0) is 9.59 Å². The van der Waals surface area contributed by atoms with E-state index >= 15 is 0 Å². The lowest BCUT2D eigenvalue weighted by molar-refractivity contribution is -0.135. The van der Waals surface area contributed by atoms with E-state index < -0.39 is 0 Å². The van der Waals surface area contributed by atoms with Gasteiger partial charge in [0.1, 0.15) is 6.04 Å². The molecule has 3 rings (SSSR count). The number of carbonyl (C=O) groups is 2. The first-order valence-electron chi connectivity index (χ1n) is 8.01. The predicted molar refractivity (Wildman–Crippen MR) is 79.8 cm³/mol. The number of carbonyl (C=O) groups excluding carboxylic acids is 2. The Balaban J connectivity index is 1.67. The van der Waals surface area contributed by atoms with Gasteiger partial charge in [0.05, 0.1) is 0 Å². The molecule has 21 heavy (non-hydrogen) atoms. The molecule has 3 fully saturated rings. The lowest BCUT2D eigenvalue weighted by Gasteiger charge is -2.40. The van der Waals surface area contributed by atoms with Gasteiger partial charge in [0.2, 0.25) is 11.8 Å². The van der Waals surface area contributed by atoms with Gasteiger partial charge in [-0.3, -0.25) is 14.5 Å². The van der Waals surface area contributed by atoms with E-state index in [-0.39, 0.29) is 17.9 Å². The van der Waals surface area contributed by atoms with Crippen LogP contribution < -0.4 is 5.32 Å². The van der Waals surface area contributed by atoms with Crippen LogP contribution >= 0.6 is 0 Å². The molecule has 1 N–H and O–H groups in total. The minimum Gasteiger partial charge on any atom is -0.344 e. The number of rotatable bonds is 3. The Labute approximate surface area is 126 Å². The Hall–Kier alpha value is -1.14. The highest BCUT2D eigenvalue weighted by molar-refractivity contribution is 5.90. The third-order valence-electron chi connectivity index (χ3n) is 5.01. The SMILES string of the molecule is CN1CCN(C)C(CN2CCC(=O)NC(C3CC3)C2=O)C1. The summed E-state index contributed by atoms with van der Waals surface area (Å²) in [7, 11) is 4.25. The van der Waals surface area contributed by atoms with Crippen molar-refractivity contribution in [2.45, 2.75) is 31.3 Å². The molecule has 1 aliphatic carbocycles. The summed E-state index contributed by atoms with van der Waals surface area (Å²) in [5, 5.41) is 2.92. The van der Waals surface area contributed by atoms with Crippen LogP contribution in [0, 0.1) is 5.92 Å². The van der Waals surface area contributed by atoms with Gasteiger partial charge in [-0.05, 0) is 32.9 Å². The zero-order valence-electron chi connectivity index (χ0n) is 13.0. The smallest absolute Gasteiger partial charge is 0.245 e. The van der Waals surface area contributed by atoms with Gasteiger partial charge >= 0.3 is 0 Å². The Kier molecular flexibility index (Phi) is 4.17. The third-order valence-corrected chi connectivity index (χ3v) is 5.01. The van der Waals surface area contributed by atoms with Gasteiger partial charge in [-0.25, -0.2) is 0 Å². The van der Waals surface area contributed by atoms with Crippen LogP contribution in [0.1, 0.15) is 19.3 Å². The van der Waals surface area contributed by atoms with Gasteiger partial charge in [0.15, 0.2) is 0 Å². The number of nitrogens with one attached hydrogen (secondary N) is 1. The normalized spacial score (nSPS) is 33.0. The van der Waals surface area contributed by atoms with E-state index in [9.17, 15) is 9.59 Å². The second-order valence-corrected chi connectivity index (χ2v) is 6.81. The Morgan fingerprint density at radius 3 is 2.62 bits per heavy atom.